The van der Waals surface area contributed by atoms with Crippen molar-refractivity contribution in [2.75, 3.05) is 14.2 Å². The lowest BCUT2D eigenvalue weighted by molar-refractivity contribution is 0.398. The largest absolute Gasteiger partial charge is 0.481 e. The van der Waals surface area contributed by atoms with Crippen LogP contribution in [0.3, 0.4) is 0 Å². The Morgan fingerprint density at radius 2 is 1.66 bits per heavy atom. The highest BCUT2D eigenvalue weighted by Crippen LogP contribution is 2.12. The van der Waals surface area contributed by atoms with Crippen LogP contribution in [0.2, 0.25) is 0 Å². The van der Waals surface area contributed by atoms with E-state index in [0.717, 1.165) is 0 Å². The van der Waals surface area contributed by atoms with Crippen LogP contribution in [0.5, 0.6) is 11.8 Å². The summed E-state index contributed by atoms with van der Waals surface area (Å²) >= 11 is 0. The molecule has 4 aromatic heterocycles. The number of fused-ring (bicyclic) bond motifs is 2. The molecular weight excluding hydrogens is 376 g/mol. The van der Waals surface area contributed by atoms with Crippen LogP contribution in [0.4, 0.5) is 0 Å². The number of H-pyrrole nitrogens is 1. The van der Waals surface area contributed by atoms with Crippen molar-refractivity contribution in [2.45, 2.75) is 6.54 Å². The van der Waals surface area contributed by atoms with E-state index in [0.29, 0.717) is 40.6 Å². The van der Waals surface area contributed by atoms with E-state index in [4.69, 9.17) is 9.47 Å². The molecular formula is C19H18N6O4. The van der Waals surface area contributed by atoms with Gasteiger partial charge in [-0.3, -0.25) is 14.2 Å². The maximum Gasteiger partial charge on any atom is 0.270 e. The maximum absolute atomic E-state index is 11.6. The van der Waals surface area contributed by atoms with Gasteiger partial charge in [0.15, 0.2) is 11.3 Å². The van der Waals surface area contributed by atoms with Crippen molar-refractivity contribution in [2.24, 2.45) is 0 Å². The number of allylic oxidation sites excluding steroid dienone is 1. The summed E-state index contributed by atoms with van der Waals surface area (Å²) in [7, 11) is 3.04. The van der Waals surface area contributed by atoms with E-state index >= 15 is 0 Å². The lowest BCUT2D eigenvalue weighted by atomic mass is 10.4. The summed E-state index contributed by atoms with van der Waals surface area (Å²) < 4.78 is 11.4. The van der Waals surface area contributed by atoms with E-state index in [1.54, 1.807) is 30.3 Å². The molecule has 10 nitrogen and oxygen atoms in total. The summed E-state index contributed by atoms with van der Waals surface area (Å²) in [5.74, 6) is 0.911. The van der Waals surface area contributed by atoms with Crippen molar-refractivity contribution in [3.05, 3.63) is 70.0 Å². The number of nitrogens with zero attached hydrogens (tertiary/aromatic N) is 5. The van der Waals surface area contributed by atoms with Gasteiger partial charge in [0.25, 0.3) is 11.1 Å². The lowest BCUT2D eigenvalue weighted by Gasteiger charge is -2.06. The van der Waals surface area contributed by atoms with Crippen molar-refractivity contribution >= 4 is 22.3 Å². The van der Waals surface area contributed by atoms with Crippen LogP contribution >= 0.6 is 0 Å². The molecule has 4 rings (SSSR count). The minimum atomic E-state index is -0.270. The van der Waals surface area contributed by atoms with E-state index < -0.39 is 0 Å². The quantitative estimate of drug-likeness (QED) is 0.514. The molecule has 4 heterocycles. The minimum absolute atomic E-state index is 0.201. The number of nitrogens with one attached hydrogen (secondary N) is 1. The number of aromatic nitrogens is 6. The predicted octanol–water partition coefficient (Wildman–Crippen LogP) is 1.31. The highest BCUT2D eigenvalue weighted by Gasteiger charge is 2.05. The van der Waals surface area contributed by atoms with E-state index in [1.807, 2.05) is 0 Å². The summed E-state index contributed by atoms with van der Waals surface area (Å²) in [6.45, 7) is 4.01. The molecule has 0 spiro atoms. The Bertz CT molecular complexity index is 1280. The lowest BCUT2D eigenvalue weighted by Crippen LogP contribution is -2.20. The second-order valence-electron chi connectivity index (χ2n) is 5.66. The Hall–Kier alpha value is -4.08. The standard InChI is InChI=1S/C11H11N3O2.C8H7N3O2/c1-3-6-14-10(15)7-12-8-4-5-9(16-2)13-11(8)14;1-13-7-3-2-5-8(11-7)10-6(12)4-9-5/h3-5,7H,1,6H2,2H3;2-4H,1H3,(H,10,11,12). The van der Waals surface area contributed by atoms with Gasteiger partial charge in [-0.2, -0.15) is 9.97 Å². The number of methoxy groups -OCH3 is 2. The van der Waals surface area contributed by atoms with Crippen LogP contribution in [-0.2, 0) is 6.54 Å². The molecule has 4 aromatic rings. The first-order valence-electron chi connectivity index (χ1n) is 8.47. The zero-order valence-corrected chi connectivity index (χ0v) is 15.8. The smallest absolute Gasteiger partial charge is 0.270 e. The van der Waals surface area contributed by atoms with Gasteiger partial charge in [0.2, 0.25) is 11.8 Å². The van der Waals surface area contributed by atoms with Gasteiger partial charge in [0, 0.05) is 18.7 Å². The van der Waals surface area contributed by atoms with Gasteiger partial charge >= 0.3 is 0 Å². The predicted molar refractivity (Wildman–Crippen MR) is 107 cm³/mol. The molecule has 0 fully saturated rings. The van der Waals surface area contributed by atoms with Crippen molar-refractivity contribution in [3.63, 3.8) is 0 Å². The number of rotatable bonds is 4. The Kier molecular flexibility index (Phi) is 5.93. The van der Waals surface area contributed by atoms with Crippen molar-refractivity contribution in [3.8, 4) is 11.8 Å². The molecule has 0 radical (unpaired) electrons. The van der Waals surface area contributed by atoms with Crippen molar-refractivity contribution in [1.29, 1.82) is 0 Å². The van der Waals surface area contributed by atoms with Crippen LogP contribution in [0.25, 0.3) is 22.3 Å². The average molecular weight is 394 g/mol. The van der Waals surface area contributed by atoms with E-state index in [9.17, 15) is 9.59 Å². The zero-order valence-electron chi connectivity index (χ0n) is 15.8. The fraction of sp³-hybridized carbons (Fsp3) is 0.158. The summed E-state index contributed by atoms with van der Waals surface area (Å²) in [5, 5.41) is 0. The highest BCUT2D eigenvalue weighted by atomic mass is 16.5. The number of pyridine rings is 2. The summed E-state index contributed by atoms with van der Waals surface area (Å²) in [6.07, 6.45) is 4.14. The first kappa shape index (κ1) is 19.7. The number of hydrogen-bond donors (Lipinski definition) is 1. The van der Waals surface area contributed by atoms with Crippen molar-refractivity contribution < 1.29 is 9.47 Å². The number of hydrogen-bond acceptors (Lipinski definition) is 8. The Morgan fingerprint density at radius 1 is 1.00 bits per heavy atom. The Morgan fingerprint density at radius 3 is 2.34 bits per heavy atom. The highest BCUT2D eigenvalue weighted by molar-refractivity contribution is 5.70. The van der Waals surface area contributed by atoms with Gasteiger partial charge in [-0.05, 0) is 12.1 Å². The number of aromatic amines is 1. The third-order valence-electron chi connectivity index (χ3n) is 3.81. The molecule has 0 bridgehead atoms. The van der Waals surface area contributed by atoms with Gasteiger partial charge in [-0.1, -0.05) is 6.08 Å². The van der Waals surface area contributed by atoms with E-state index in [2.05, 4.69) is 31.5 Å². The second-order valence-corrected chi connectivity index (χ2v) is 5.66. The third-order valence-corrected chi connectivity index (χ3v) is 3.81. The van der Waals surface area contributed by atoms with Gasteiger partial charge in [-0.25, -0.2) is 9.97 Å². The number of ether oxygens (including phenoxy) is 2. The SMILES string of the molecule is C=CCn1c(=O)cnc2ccc(OC)nc21.COc1ccc2ncc(=O)[nH]c2n1. The van der Waals surface area contributed by atoms with E-state index in [-0.39, 0.29) is 11.1 Å². The van der Waals surface area contributed by atoms with Crippen LogP contribution in [0, 0.1) is 0 Å². The van der Waals surface area contributed by atoms with Crippen LogP contribution < -0.4 is 20.6 Å². The van der Waals surface area contributed by atoms with Gasteiger partial charge in [0.05, 0.1) is 26.6 Å². The molecule has 148 valence electrons. The molecule has 29 heavy (non-hydrogen) atoms. The minimum Gasteiger partial charge on any atom is -0.481 e. The summed E-state index contributed by atoms with van der Waals surface area (Å²) in [6, 6.07) is 6.89. The average Bonchev–Trinajstić information content (AvgIpc) is 2.75. The fourth-order valence-corrected chi connectivity index (χ4v) is 2.46. The topological polar surface area (TPSA) is 125 Å². The van der Waals surface area contributed by atoms with Crippen LogP contribution in [-0.4, -0.2) is 43.7 Å². The molecule has 0 aliphatic heterocycles. The Labute approximate surface area is 164 Å². The molecule has 0 atom stereocenters. The van der Waals surface area contributed by atoms with Gasteiger partial charge < -0.3 is 14.5 Å². The molecule has 0 unspecified atom stereocenters. The van der Waals surface area contributed by atoms with Gasteiger partial charge in [-0.15, -0.1) is 6.58 Å². The molecule has 0 amide bonds. The van der Waals surface area contributed by atoms with Crippen molar-refractivity contribution in [1.82, 2.24) is 29.5 Å². The second kappa shape index (κ2) is 8.74. The first-order valence-corrected chi connectivity index (χ1v) is 8.47. The van der Waals surface area contributed by atoms with Gasteiger partial charge in [0.1, 0.15) is 11.0 Å². The molecule has 0 aromatic carbocycles. The molecule has 0 saturated carbocycles. The normalized spacial score (nSPS) is 10.3. The monoisotopic (exact) mass is 394 g/mol. The van der Waals surface area contributed by atoms with E-state index in [1.165, 1.54) is 31.2 Å². The molecule has 0 aliphatic carbocycles. The Balaban J connectivity index is 0.000000169. The maximum atomic E-state index is 11.6. The summed E-state index contributed by atoms with van der Waals surface area (Å²) in [5.41, 5.74) is 1.77. The first-order chi connectivity index (χ1) is 14.0. The fourth-order valence-electron chi connectivity index (χ4n) is 2.46. The molecule has 0 saturated heterocycles. The summed E-state index contributed by atoms with van der Waals surface area (Å²) in [4.78, 5) is 41.2. The molecule has 1 N–H and O–H groups in total. The van der Waals surface area contributed by atoms with Crippen LogP contribution in [0.1, 0.15) is 0 Å². The molecule has 0 aliphatic rings. The zero-order chi connectivity index (χ0) is 20.8. The van der Waals surface area contributed by atoms with Crippen LogP contribution in [0.15, 0.2) is 58.9 Å². The third kappa shape index (κ3) is 4.43. The molecule has 10 heteroatoms.